The zero-order chi connectivity index (χ0) is 24.5. The molecule has 0 fully saturated rings. The lowest BCUT2D eigenvalue weighted by Crippen LogP contribution is -2.52. The van der Waals surface area contributed by atoms with E-state index in [1.807, 2.05) is 99.6 Å². The quantitative estimate of drug-likeness (QED) is 0.364. The van der Waals surface area contributed by atoms with E-state index in [2.05, 4.69) is 21.2 Å². The van der Waals surface area contributed by atoms with Gasteiger partial charge < -0.3 is 10.2 Å². The van der Waals surface area contributed by atoms with Gasteiger partial charge in [-0.2, -0.15) is 0 Å². The first kappa shape index (κ1) is 25.7. The third-order valence-corrected chi connectivity index (χ3v) is 6.54. The van der Waals surface area contributed by atoms with E-state index < -0.39 is 6.04 Å². The number of halogens is 1. The highest BCUT2D eigenvalue weighted by molar-refractivity contribution is 9.10. The third-order valence-electron chi connectivity index (χ3n) is 6.01. The van der Waals surface area contributed by atoms with Gasteiger partial charge in [0.2, 0.25) is 11.8 Å². The molecule has 0 bridgehead atoms. The molecule has 0 aliphatic carbocycles. The number of nitrogens with zero attached hydrogens (tertiary/aromatic N) is 1. The van der Waals surface area contributed by atoms with E-state index in [0.717, 1.165) is 33.1 Å². The van der Waals surface area contributed by atoms with E-state index >= 15 is 0 Å². The van der Waals surface area contributed by atoms with E-state index in [0.29, 0.717) is 13.0 Å². The predicted molar refractivity (Wildman–Crippen MR) is 141 cm³/mol. The Balaban J connectivity index is 1.95. The van der Waals surface area contributed by atoms with Gasteiger partial charge in [-0.25, -0.2) is 0 Å². The second-order valence-corrected chi connectivity index (χ2v) is 9.75. The molecule has 0 spiro atoms. The molecular formula is C29H33BrN2O2. The summed E-state index contributed by atoms with van der Waals surface area (Å²) in [5, 5.41) is 3.11. The van der Waals surface area contributed by atoms with Crippen molar-refractivity contribution in [1.82, 2.24) is 10.2 Å². The maximum atomic E-state index is 13.7. The number of aryl methyl sites for hydroxylation is 1. The SMILES string of the molecule is CC[C@@H](C)NC(=O)[C@H](Cc1ccccc1)N(Cc1ccc(Br)cc1)C(=O)Cc1ccc(C)cc1. The van der Waals surface area contributed by atoms with Crippen molar-refractivity contribution in [1.29, 1.82) is 0 Å². The maximum Gasteiger partial charge on any atom is 0.243 e. The Morgan fingerprint density at radius 1 is 0.882 bits per heavy atom. The van der Waals surface area contributed by atoms with Crippen LogP contribution in [0.3, 0.4) is 0 Å². The molecule has 0 unspecified atom stereocenters. The molecule has 0 saturated heterocycles. The van der Waals surface area contributed by atoms with Gasteiger partial charge in [-0.1, -0.05) is 95.1 Å². The van der Waals surface area contributed by atoms with Crippen molar-refractivity contribution in [3.63, 3.8) is 0 Å². The lowest BCUT2D eigenvalue weighted by molar-refractivity contribution is -0.141. The van der Waals surface area contributed by atoms with Crippen LogP contribution >= 0.6 is 15.9 Å². The predicted octanol–water partition coefficient (Wildman–Crippen LogP) is 5.85. The molecule has 2 atom stereocenters. The number of nitrogens with one attached hydrogen (secondary N) is 1. The van der Waals surface area contributed by atoms with Crippen LogP contribution in [0.15, 0.2) is 83.3 Å². The largest absolute Gasteiger partial charge is 0.352 e. The first-order valence-corrected chi connectivity index (χ1v) is 12.6. The molecule has 2 amide bonds. The topological polar surface area (TPSA) is 49.4 Å². The van der Waals surface area contributed by atoms with Crippen LogP contribution in [-0.2, 0) is 29.0 Å². The Bertz CT molecular complexity index is 1070. The summed E-state index contributed by atoms with van der Waals surface area (Å²) in [5.41, 5.74) is 4.10. The van der Waals surface area contributed by atoms with Crippen LogP contribution in [0.5, 0.6) is 0 Å². The molecule has 0 radical (unpaired) electrons. The van der Waals surface area contributed by atoms with Crippen molar-refractivity contribution in [2.24, 2.45) is 0 Å². The maximum absolute atomic E-state index is 13.7. The van der Waals surface area contributed by atoms with E-state index in [-0.39, 0.29) is 24.3 Å². The van der Waals surface area contributed by atoms with Crippen molar-refractivity contribution in [2.75, 3.05) is 0 Å². The zero-order valence-electron chi connectivity index (χ0n) is 20.1. The molecule has 3 aromatic carbocycles. The van der Waals surface area contributed by atoms with Crippen molar-refractivity contribution in [3.8, 4) is 0 Å². The van der Waals surface area contributed by atoms with Crippen LogP contribution in [0.1, 0.15) is 42.5 Å². The van der Waals surface area contributed by atoms with Gasteiger partial charge in [0.25, 0.3) is 0 Å². The van der Waals surface area contributed by atoms with Crippen LogP contribution in [0.4, 0.5) is 0 Å². The number of hydrogen-bond donors (Lipinski definition) is 1. The minimum absolute atomic E-state index is 0.0347. The second kappa shape index (κ2) is 12.5. The second-order valence-electron chi connectivity index (χ2n) is 8.83. The zero-order valence-corrected chi connectivity index (χ0v) is 21.7. The summed E-state index contributed by atoms with van der Waals surface area (Å²) in [5.74, 6) is -0.181. The summed E-state index contributed by atoms with van der Waals surface area (Å²) in [7, 11) is 0. The smallest absolute Gasteiger partial charge is 0.243 e. The Kier molecular flexibility index (Phi) is 9.46. The summed E-state index contributed by atoms with van der Waals surface area (Å²) >= 11 is 3.48. The third kappa shape index (κ3) is 7.56. The molecule has 4 nitrogen and oxygen atoms in total. The van der Waals surface area contributed by atoms with Crippen molar-refractivity contribution in [2.45, 2.75) is 58.7 Å². The monoisotopic (exact) mass is 520 g/mol. The Hall–Kier alpha value is -2.92. The molecule has 0 aliphatic heterocycles. The minimum Gasteiger partial charge on any atom is -0.352 e. The molecule has 178 valence electrons. The summed E-state index contributed by atoms with van der Waals surface area (Å²) in [6.07, 6.45) is 1.53. The van der Waals surface area contributed by atoms with Crippen LogP contribution in [-0.4, -0.2) is 28.8 Å². The van der Waals surface area contributed by atoms with Gasteiger partial charge in [-0.15, -0.1) is 0 Å². The molecule has 0 aliphatic rings. The highest BCUT2D eigenvalue weighted by Crippen LogP contribution is 2.19. The van der Waals surface area contributed by atoms with Crippen LogP contribution in [0, 0.1) is 6.92 Å². The van der Waals surface area contributed by atoms with Crippen molar-refractivity contribution < 1.29 is 9.59 Å². The van der Waals surface area contributed by atoms with E-state index in [1.165, 1.54) is 0 Å². The highest BCUT2D eigenvalue weighted by atomic mass is 79.9. The van der Waals surface area contributed by atoms with Gasteiger partial charge in [0.15, 0.2) is 0 Å². The Morgan fingerprint density at radius 2 is 1.50 bits per heavy atom. The molecule has 0 aromatic heterocycles. The molecule has 34 heavy (non-hydrogen) atoms. The van der Waals surface area contributed by atoms with Gasteiger partial charge >= 0.3 is 0 Å². The van der Waals surface area contributed by atoms with E-state index in [9.17, 15) is 9.59 Å². The fraction of sp³-hybridized carbons (Fsp3) is 0.310. The highest BCUT2D eigenvalue weighted by Gasteiger charge is 2.31. The van der Waals surface area contributed by atoms with E-state index in [1.54, 1.807) is 4.90 Å². The summed E-state index contributed by atoms with van der Waals surface area (Å²) < 4.78 is 0.976. The number of carbonyl (C=O) groups is 2. The number of carbonyl (C=O) groups excluding carboxylic acids is 2. The summed E-state index contributed by atoms with van der Waals surface area (Å²) in [6, 6.07) is 25.2. The first-order chi connectivity index (χ1) is 16.4. The first-order valence-electron chi connectivity index (χ1n) is 11.8. The summed E-state index contributed by atoms with van der Waals surface area (Å²) in [6.45, 7) is 6.42. The van der Waals surface area contributed by atoms with Crippen molar-refractivity contribution >= 4 is 27.7 Å². The van der Waals surface area contributed by atoms with Gasteiger partial charge in [0.1, 0.15) is 6.04 Å². The molecule has 0 heterocycles. The van der Waals surface area contributed by atoms with Gasteiger partial charge in [-0.05, 0) is 49.1 Å². The average molecular weight is 521 g/mol. The molecule has 3 rings (SSSR count). The molecule has 5 heteroatoms. The van der Waals surface area contributed by atoms with Crippen LogP contribution in [0.25, 0.3) is 0 Å². The lowest BCUT2D eigenvalue weighted by atomic mass is 10.0. The molecule has 3 aromatic rings. The molecule has 1 N–H and O–H groups in total. The van der Waals surface area contributed by atoms with Gasteiger partial charge in [0, 0.05) is 23.5 Å². The van der Waals surface area contributed by atoms with Crippen molar-refractivity contribution in [3.05, 3.63) is 106 Å². The minimum atomic E-state index is -0.613. The van der Waals surface area contributed by atoms with Gasteiger partial charge in [-0.3, -0.25) is 9.59 Å². The molecular weight excluding hydrogens is 488 g/mol. The number of benzene rings is 3. The van der Waals surface area contributed by atoms with Gasteiger partial charge in [0.05, 0.1) is 6.42 Å². The normalized spacial score (nSPS) is 12.6. The fourth-order valence-corrected chi connectivity index (χ4v) is 4.03. The average Bonchev–Trinajstić information content (AvgIpc) is 2.84. The summed E-state index contributed by atoms with van der Waals surface area (Å²) in [4.78, 5) is 28.9. The number of hydrogen-bond acceptors (Lipinski definition) is 2. The lowest BCUT2D eigenvalue weighted by Gasteiger charge is -2.32. The fourth-order valence-electron chi connectivity index (χ4n) is 3.76. The van der Waals surface area contributed by atoms with Crippen LogP contribution in [0.2, 0.25) is 0 Å². The standard InChI is InChI=1S/C29H33BrN2O2/c1-4-22(3)31-29(34)27(18-23-8-6-5-7-9-23)32(20-25-14-16-26(30)17-15-25)28(33)19-24-12-10-21(2)11-13-24/h5-17,22,27H,4,18-20H2,1-3H3,(H,31,34)/t22-,27+/m1/s1. The van der Waals surface area contributed by atoms with Crippen LogP contribution < -0.4 is 5.32 Å². The number of rotatable bonds is 10. The van der Waals surface area contributed by atoms with E-state index in [4.69, 9.17) is 0 Å². The number of amides is 2. The Morgan fingerprint density at radius 3 is 2.12 bits per heavy atom. The Labute approximate surface area is 211 Å². The molecule has 0 saturated carbocycles.